The molecule has 0 radical (unpaired) electrons. The lowest BCUT2D eigenvalue weighted by Crippen LogP contribution is -2.22. The van der Waals surface area contributed by atoms with Gasteiger partial charge < -0.3 is 10.6 Å². The van der Waals surface area contributed by atoms with Gasteiger partial charge in [0, 0.05) is 11.8 Å². The van der Waals surface area contributed by atoms with E-state index in [1.54, 1.807) is 0 Å². The van der Waals surface area contributed by atoms with Crippen LogP contribution in [0.15, 0.2) is 36.4 Å². The van der Waals surface area contributed by atoms with Crippen LogP contribution in [0.2, 0.25) is 0 Å². The second-order valence-electron chi connectivity index (χ2n) is 4.15. The number of rotatable bonds is 4. The molecule has 1 amide bonds. The van der Waals surface area contributed by atoms with Gasteiger partial charge >= 0.3 is 0 Å². The van der Waals surface area contributed by atoms with E-state index in [1.807, 2.05) is 0 Å². The van der Waals surface area contributed by atoms with Crippen LogP contribution in [-0.4, -0.2) is 12.5 Å². The summed E-state index contributed by atoms with van der Waals surface area (Å²) >= 11 is 0. The highest BCUT2D eigenvalue weighted by atomic mass is 19.2. The molecule has 0 bridgehead atoms. The third kappa shape index (κ3) is 3.95. The van der Waals surface area contributed by atoms with E-state index in [0.29, 0.717) is 0 Å². The summed E-state index contributed by atoms with van der Waals surface area (Å²) in [7, 11) is 0. The predicted molar refractivity (Wildman–Crippen MR) is 69.8 cm³/mol. The van der Waals surface area contributed by atoms with Crippen molar-refractivity contribution in [1.29, 1.82) is 0 Å². The fourth-order valence-electron chi connectivity index (χ4n) is 1.59. The molecule has 7 heteroatoms. The second-order valence-corrected chi connectivity index (χ2v) is 4.15. The van der Waals surface area contributed by atoms with Crippen LogP contribution in [0.3, 0.4) is 0 Å². The van der Waals surface area contributed by atoms with E-state index in [0.717, 1.165) is 30.3 Å². The van der Waals surface area contributed by atoms with Crippen LogP contribution in [0.25, 0.3) is 0 Å². The van der Waals surface area contributed by atoms with Crippen LogP contribution in [0.5, 0.6) is 0 Å². The van der Waals surface area contributed by atoms with Crippen molar-refractivity contribution in [2.24, 2.45) is 0 Å². The standard InChI is InChI=1S/C14H10F4N2O/c15-8-1-3-11(17)13(5-8)19-7-14(21)20-9-2-4-10(16)12(18)6-9/h1-6,19H,7H2,(H,20,21). The average molecular weight is 298 g/mol. The smallest absolute Gasteiger partial charge is 0.243 e. The molecule has 2 rings (SSSR count). The molecule has 2 aromatic rings. The molecule has 2 aromatic carbocycles. The Hall–Kier alpha value is -2.57. The summed E-state index contributed by atoms with van der Waals surface area (Å²) in [6, 6.07) is 5.63. The zero-order chi connectivity index (χ0) is 15.4. The number of anilines is 2. The summed E-state index contributed by atoms with van der Waals surface area (Å²) in [6.07, 6.45) is 0. The number of carbonyl (C=O) groups excluding carboxylic acids is 1. The molecule has 0 atom stereocenters. The largest absolute Gasteiger partial charge is 0.374 e. The third-order valence-corrected chi connectivity index (χ3v) is 2.57. The molecule has 0 aromatic heterocycles. The summed E-state index contributed by atoms with van der Waals surface area (Å²) in [4.78, 5) is 11.6. The van der Waals surface area contributed by atoms with Crippen LogP contribution < -0.4 is 10.6 Å². The van der Waals surface area contributed by atoms with Gasteiger partial charge in [-0.15, -0.1) is 0 Å². The first-order chi connectivity index (χ1) is 9.95. The van der Waals surface area contributed by atoms with Gasteiger partial charge in [-0.05, 0) is 30.3 Å². The van der Waals surface area contributed by atoms with Gasteiger partial charge in [-0.1, -0.05) is 0 Å². The maximum Gasteiger partial charge on any atom is 0.243 e. The molecule has 0 aliphatic rings. The first-order valence-corrected chi connectivity index (χ1v) is 5.89. The number of carbonyl (C=O) groups is 1. The van der Waals surface area contributed by atoms with Gasteiger partial charge in [0.05, 0.1) is 12.2 Å². The number of hydrogen-bond donors (Lipinski definition) is 2. The van der Waals surface area contributed by atoms with Crippen molar-refractivity contribution in [3.63, 3.8) is 0 Å². The quantitative estimate of drug-likeness (QED) is 0.850. The first kappa shape index (κ1) is 14.8. The SMILES string of the molecule is O=C(CNc1cc(F)ccc1F)Nc1ccc(F)c(F)c1. The minimum Gasteiger partial charge on any atom is -0.374 e. The maximum absolute atomic E-state index is 13.3. The Bertz CT molecular complexity index is 676. The van der Waals surface area contributed by atoms with Crippen LogP contribution in [0, 0.1) is 23.3 Å². The number of hydrogen-bond acceptors (Lipinski definition) is 2. The van der Waals surface area contributed by atoms with Gasteiger partial charge in [-0.3, -0.25) is 4.79 Å². The van der Waals surface area contributed by atoms with E-state index in [2.05, 4.69) is 10.6 Å². The van der Waals surface area contributed by atoms with Crippen molar-refractivity contribution in [2.45, 2.75) is 0 Å². The first-order valence-electron chi connectivity index (χ1n) is 5.89. The highest BCUT2D eigenvalue weighted by molar-refractivity contribution is 5.93. The minimum atomic E-state index is -1.10. The molecule has 0 saturated heterocycles. The maximum atomic E-state index is 13.3. The summed E-state index contributed by atoms with van der Waals surface area (Å²) < 4.78 is 51.9. The van der Waals surface area contributed by atoms with E-state index < -0.39 is 29.2 Å². The molecule has 0 aliphatic carbocycles. The van der Waals surface area contributed by atoms with Gasteiger partial charge in [0.25, 0.3) is 0 Å². The summed E-state index contributed by atoms with van der Waals surface area (Å²) in [5.41, 5.74) is -0.115. The molecular formula is C14H10F4N2O. The van der Waals surface area contributed by atoms with Crippen molar-refractivity contribution >= 4 is 17.3 Å². The van der Waals surface area contributed by atoms with Crippen molar-refractivity contribution < 1.29 is 22.4 Å². The zero-order valence-corrected chi connectivity index (χ0v) is 10.6. The van der Waals surface area contributed by atoms with Gasteiger partial charge in [0.15, 0.2) is 11.6 Å². The van der Waals surface area contributed by atoms with E-state index in [1.165, 1.54) is 6.07 Å². The molecule has 21 heavy (non-hydrogen) atoms. The lowest BCUT2D eigenvalue weighted by atomic mass is 10.3. The average Bonchev–Trinajstić information content (AvgIpc) is 2.44. The summed E-state index contributed by atoms with van der Waals surface area (Å²) in [5.74, 6) is -4.12. The van der Waals surface area contributed by atoms with Crippen LogP contribution >= 0.6 is 0 Å². The molecular weight excluding hydrogens is 288 g/mol. The van der Waals surface area contributed by atoms with E-state index >= 15 is 0 Å². The molecule has 0 aliphatic heterocycles. The van der Waals surface area contributed by atoms with Gasteiger partial charge in [0.1, 0.15) is 11.6 Å². The Morgan fingerprint density at radius 3 is 2.33 bits per heavy atom. The van der Waals surface area contributed by atoms with Gasteiger partial charge in [0.2, 0.25) is 5.91 Å². The van der Waals surface area contributed by atoms with Crippen molar-refractivity contribution in [3.05, 3.63) is 59.7 Å². The number of amides is 1. The van der Waals surface area contributed by atoms with Crippen LogP contribution in [-0.2, 0) is 4.79 Å². The Kier molecular flexibility index (Phi) is 4.42. The van der Waals surface area contributed by atoms with E-state index in [4.69, 9.17) is 0 Å². The van der Waals surface area contributed by atoms with Gasteiger partial charge in [-0.25, -0.2) is 17.6 Å². The van der Waals surface area contributed by atoms with Crippen molar-refractivity contribution in [2.75, 3.05) is 17.2 Å². The topological polar surface area (TPSA) is 41.1 Å². The molecule has 0 heterocycles. The monoisotopic (exact) mass is 298 g/mol. The van der Waals surface area contributed by atoms with Crippen LogP contribution in [0.4, 0.5) is 28.9 Å². The summed E-state index contributed by atoms with van der Waals surface area (Å²) in [5, 5.41) is 4.69. The normalized spacial score (nSPS) is 10.3. The lowest BCUT2D eigenvalue weighted by Gasteiger charge is -2.09. The number of halogens is 4. The highest BCUT2D eigenvalue weighted by Crippen LogP contribution is 2.15. The van der Waals surface area contributed by atoms with Gasteiger partial charge in [-0.2, -0.15) is 0 Å². The number of benzene rings is 2. The fraction of sp³-hybridized carbons (Fsp3) is 0.0714. The summed E-state index contributed by atoms with van der Waals surface area (Å²) in [6.45, 7) is -0.362. The predicted octanol–water partition coefficient (Wildman–Crippen LogP) is 3.29. The minimum absolute atomic E-state index is 0.0559. The Morgan fingerprint density at radius 1 is 0.905 bits per heavy atom. The molecule has 3 nitrogen and oxygen atoms in total. The molecule has 0 saturated carbocycles. The Balaban J connectivity index is 1.95. The van der Waals surface area contributed by atoms with Crippen molar-refractivity contribution in [1.82, 2.24) is 0 Å². The molecule has 2 N–H and O–H groups in total. The molecule has 0 unspecified atom stereocenters. The van der Waals surface area contributed by atoms with E-state index in [9.17, 15) is 22.4 Å². The fourth-order valence-corrected chi connectivity index (χ4v) is 1.59. The second kappa shape index (κ2) is 6.25. The zero-order valence-electron chi connectivity index (χ0n) is 10.6. The highest BCUT2D eigenvalue weighted by Gasteiger charge is 2.08. The molecule has 0 fully saturated rings. The molecule has 110 valence electrons. The number of nitrogens with one attached hydrogen (secondary N) is 2. The third-order valence-electron chi connectivity index (χ3n) is 2.57. The van der Waals surface area contributed by atoms with E-state index in [-0.39, 0.29) is 17.9 Å². The molecule has 0 spiro atoms. The van der Waals surface area contributed by atoms with Crippen LogP contribution in [0.1, 0.15) is 0 Å². The van der Waals surface area contributed by atoms with Crippen molar-refractivity contribution in [3.8, 4) is 0 Å². The lowest BCUT2D eigenvalue weighted by molar-refractivity contribution is -0.114. The Labute approximate surface area is 117 Å². The Morgan fingerprint density at radius 2 is 1.62 bits per heavy atom.